The second kappa shape index (κ2) is 13.8. The first-order chi connectivity index (χ1) is 30.7. The van der Waals surface area contributed by atoms with Crippen LogP contribution in [0.15, 0.2) is 223 Å². The molecule has 0 atom stereocenters. The number of benzene rings is 10. The molecule has 10 aromatic carbocycles. The van der Waals surface area contributed by atoms with Crippen LogP contribution in [0.5, 0.6) is 0 Å². The van der Waals surface area contributed by atoms with Gasteiger partial charge in [-0.1, -0.05) is 140 Å². The van der Waals surface area contributed by atoms with Crippen molar-refractivity contribution in [2.45, 2.75) is 0 Å². The average molecular weight is 809 g/mol. The zero-order valence-corrected chi connectivity index (χ0v) is 34.3. The second-order valence-electron chi connectivity index (χ2n) is 16.0. The van der Waals surface area contributed by atoms with Crippen LogP contribution in [0.2, 0.25) is 0 Å². The van der Waals surface area contributed by atoms with E-state index in [1.165, 1.54) is 64.1 Å². The van der Waals surface area contributed by atoms with Crippen LogP contribution in [0, 0.1) is 0 Å². The molecule has 3 nitrogen and oxygen atoms in total. The quantitative estimate of drug-likeness (QED) is 0.167. The zero-order valence-electron chi connectivity index (χ0n) is 33.5. The van der Waals surface area contributed by atoms with Crippen molar-refractivity contribution in [2.24, 2.45) is 0 Å². The van der Waals surface area contributed by atoms with Crippen LogP contribution < -0.4 is 4.90 Å². The fourth-order valence-electron chi connectivity index (χ4n) is 9.74. The number of hydrogen-bond donors (Lipinski definition) is 0. The summed E-state index contributed by atoms with van der Waals surface area (Å²) in [5.41, 5.74) is 13.2. The van der Waals surface area contributed by atoms with E-state index in [1.54, 1.807) is 0 Å². The lowest BCUT2D eigenvalue weighted by Gasteiger charge is -2.27. The highest BCUT2D eigenvalue weighted by molar-refractivity contribution is 7.25. The first kappa shape index (κ1) is 34.9. The molecule has 0 aliphatic rings. The summed E-state index contributed by atoms with van der Waals surface area (Å²) in [6.45, 7) is 0. The Labute approximate surface area is 361 Å². The molecule has 290 valence electrons. The van der Waals surface area contributed by atoms with Crippen LogP contribution in [0.3, 0.4) is 0 Å². The van der Waals surface area contributed by atoms with E-state index in [2.05, 4.69) is 228 Å². The third-order valence-electron chi connectivity index (χ3n) is 12.6. The van der Waals surface area contributed by atoms with Gasteiger partial charge in [0.2, 0.25) is 0 Å². The molecule has 3 heterocycles. The highest BCUT2D eigenvalue weighted by atomic mass is 32.1. The van der Waals surface area contributed by atoms with Gasteiger partial charge in [-0.15, -0.1) is 11.3 Å². The molecule has 0 saturated carbocycles. The Hall–Kier alpha value is -7.92. The largest absolute Gasteiger partial charge is 0.455 e. The predicted molar refractivity (Wildman–Crippen MR) is 264 cm³/mol. The SMILES string of the molecule is c1ccc(-n2c3ccccc3c3ccccc32)c(-c2ccc(N(c3ccc(-c4ccc5sc6ccccc6c5c4)cc3)c3cccc4oc5c6ccccc6ccc5c34)cc2)c1. The standard InChI is InChI=1S/C58H36N2OS/c1-2-14-44-38(12-1)28-34-48-57-53(21-11-22-54(57)61-58(44)48)59(41-30-24-37(25-31-41)40-29-35-56-49(36-40)47-17-6-10-23-55(47)62-56)42-32-26-39(27-33-42)43-13-3-7-18-50(43)60-51-19-8-4-15-45(51)46-16-5-9-20-52(46)60/h1-36H. The first-order valence-corrected chi connectivity index (χ1v) is 21.9. The van der Waals surface area contributed by atoms with E-state index in [0.29, 0.717) is 0 Å². The summed E-state index contributed by atoms with van der Waals surface area (Å²) in [7, 11) is 0. The fourth-order valence-corrected chi connectivity index (χ4v) is 10.8. The molecular weight excluding hydrogens is 773 g/mol. The summed E-state index contributed by atoms with van der Waals surface area (Å²) in [4.78, 5) is 2.38. The van der Waals surface area contributed by atoms with Crippen LogP contribution in [-0.2, 0) is 0 Å². The van der Waals surface area contributed by atoms with Crippen molar-refractivity contribution in [3.05, 3.63) is 218 Å². The minimum absolute atomic E-state index is 0.864. The van der Waals surface area contributed by atoms with Crippen LogP contribution in [-0.4, -0.2) is 4.57 Å². The summed E-state index contributed by atoms with van der Waals surface area (Å²) in [5.74, 6) is 0. The van der Waals surface area contributed by atoms with Crippen molar-refractivity contribution < 1.29 is 4.42 Å². The summed E-state index contributed by atoms with van der Waals surface area (Å²) in [6, 6.07) is 79.2. The Morgan fingerprint density at radius 1 is 0.403 bits per heavy atom. The Bertz CT molecular complexity index is 3820. The highest BCUT2D eigenvalue weighted by Gasteiger charge is 2.22. The van der Waals surface area contributed by atoms with E-state index in [-0.39, 0.29) is 0 Å². The Morgan fingerprint density at radius 3 is 1.79 bits per heavy atom. The minimum atomic E-state index is 0.864. The number of nitrogens with zero attached hydrogens (tertiary/aromatic N) is 2. The van der Waals surface area contributed by atoms with Crippen molar-refractivity contribution in [1.29, 1.82) is 0 Å². The van der Waals surface area contributed by atoms with Gasteiger partial charge in [0.05, 0.1) is 27.8 Å². The van der Waals surface area contributed by atoms with E-state index in [0.717, 1.165) is 55.6 Å². The lowest BCUT2D eigenvalue weighted by Crippen LogP contribution is -2.10. The van der Waals surface area contributed by atoms with Gasteiger partial charge < -0.3 is 13.9 Å². The van der Waals surface area contributed by atoms with Gasteiger partial charge in [0, 0.05) is 58.7 Å². The maximum Gasteiger partial charge on any atom is 0.143 e. The Morgan fingerprint density at radius 2 is 1.02 bits per heavy atom. The molecule has 0 bridgehead atoms. The first-order valence-electron chi connectivity index (χ1n) is 21.1. The average Bonchev–Trinajstić information content (AvgIpc) is 4.02. The summed E-state index contributed by atoms with van der Waals surface area (Å²) >= 11 is 1.85. The van der Waals surface area contributed by atoms with Crippen LogP contribution in [0.25, 0.3) is 103 Å². The molecule has 0 aliphatic heterocycles. The number of aromatic nitrogens is 1. The van der Waals surface area contributed by atoms with Gasteiger partial charge in [0.1, 0.15) is 11.2 Å². The van der Waals surface area contributed by atoms with Gasteiger partial charge in [-0.05, 0) is 101 Å². The lowest BCUT2D eigenvalue weighted by molar-refractivity contribution is 0.672. The third kappa shape index (κ3) is 5.37. The molecule has 3 aromatic heterocycles. The molecule has 0 amide bonds. The van der Waals surface area contributed by atoms with Crippen molar-refractivity contribution >= 4 is 103 Å². The summed E-state index contributed by atoms with van der Waals surface area (Å²) in [5, 5.41) is 9.60. The number of hydrogen-bond acceptors (Lipinski definition) is 3. The number of para-hydroxylation sites is 3. The van der Waals surface area contributed by atoms with Crippen LogP contribution in [0.1, 0.15) is 0 Å². The van der Waals surface area contributed by atoms with E-state index in [9.17, 15) is 0 Å². The summed E-state index contributed by atoms with van der Waals surface area (Å²) < 4.78 is 11.8. The number of fused-ring (bicyclic) bond motifs is 11. The number of furan rings is 1. The Balaban J connectivity index is 0.966. The molecule has 4 heteroatoms. The molecule has 0 radical (unpaired) electrons. The molecule has 13 aromatic rings. The molecular formula is C58H36N2OS. The van der Waals surface area contributed by atoms with Gasteiger partial charge in [-0.2, -0.15) is 0 Å². The molecule has 0 N–H and O–H groups in total. The minimum Gasteiger partial charge on any atom is -0.455 e. The maximum atomic E-state index is 6.72. The number of rotatable bonds is 6. The highest BCUT2D eigenvalue weighted by Crippen LogP contribution is 2.46. The molecule has 0 aliphatic carbocycles. The van der Waals surface area contributed by atoms with Crippen molar-refractivity contribution in [3.63, 3.8) is 0 Å². The third-order valence-corrected chi connectivity index (χ3v) is 13.8. The number of anilines is 3. The van der Waals surface area contributed by atoms with Crippen molar-refractivity contribution in [1.82, 2.24) is 4.57 Å². The van der Waals surface area contributed by atoms with Crippen molar-refractivity contribution in [3.8, 4) is 27.9 Å². The van der Waals surface area contributed by atoms with Gasteiger partial charge in [-0.25, -0.2) is 0 Å². The monoisotopic (exact) mass is 808 g/mol. The van der Waals surface area contributed by atoms with Crippen molar-refractivity contribution in [2.75, 3.05) is 4.90 Å². The van der Waals surface area contributed by atoms with Gasteiger partial charge in [0.15, 0.2) is 0 Å². The molecule has 0 spiro atoms. The number of thiophene rings is 1. The van der Waals surface area contributed by atoms with E-state index >= 15 is 0 Å². The van der Waals surface area contributed by atoms with Gasteiger partial charge in [-0.3, -0.25) is 0 Å². The zero-order chi connectivity index (χ0) is 40.7. The van der Waals surface area contributed by atoms with Gasteiger partial charge in [0.25, 0.3) is 0 Å². The summed E-state index contributed by atoms with van der Waals surface area (Å²) in [6.07, 6.45) is 0. The Kier molecular flexibility index (Phi) is 7.78. The topological polar surface area (TPSA) is 21.3 Å². The van der Waals surface area contributed by atoms with E-state index in [1.807, 2.05) is 11.3 Å². The fraction of sp³-hybridized carbons (Fsp3) is 0. The lowest BCUT2D eigenvalue weighted by atomic mass is 10.0. The second-order valence-corrected chi connectivity index (χ2v) is 17.1. The smallest absolute Gasteiger partial charge is 0.143 e. The molecule has 13 rings (SSSR count). The van der Waals surface area contributed by atoms with Crippen LogP contribution in [0.4, 0.5) is 17.1 Å². The molecule has 0 fully saturated rings. The molecule has 0 unspecified atom stereocenters. The molecule has 62 heavy (non-hydrogen) atoms. The molecule has 0 saturated heterocycles. The van der Waals surface area contributed by atoms with E-state index < -0.39 is 0 Å². The van der Waals surface area contributed by atoms with Crippen LogP contribution >= 0.6 is 11.3 Å². The predicted octanol–water partition coefficient (Wildman–Crippen LogP) is 17.0. The maximum absolute atomic E-state index is 6.72. The normalized spacial score (nSPS) is 11.9. The van der Waals surface area contributed by atoms with Gasteiger partial charge >= 0.3 is 0 Å². The van der Waals surface area contributed by atoms with E-state index in [4.69, 9.17) is 4.42 Å².